The standard InChI is InChI=1S/C21H33F2N5O.HI/c1-4-24-21(25-13-15(2)27(3)17-9-10-17)26-16-11-12-28(14-16)18-7-5-6-8-19(18)29-20(22)23;/h5-8,15-17,20H,4,9-14H2,1-3H3,(H2,24,25,26);1H. The third-order valence-electron chi connectivity index (χ3n) is 5.63. The molecule has 1 aromatic rings. The van der Waals surface area contributed by atoms with E-state index in [-0.39, 0.29) is 35.8 Å². The second-order valence-corrected chi connectivity index (χ2v) is 7.89. The molecule has 2 fully saturated rings. The molecule has 30 heavy (non-hydrogen) atoms. The number of likely N-dealkylation sites (N-methyl/N-ethyl adjacent to an activating group) is 1. The van der Waals surface area contributed by atoms with Crippen LogP contribution >= 0.6 is 24.0 Å². The molecule has 0 bridgehead atoms. The number of ether oxygens (including phenoxy) is 1. The maximum Gasteiger partial charge on any atom is 0.387 e. The van der Waals surface area contributed by atoms with Crippen LogP contribution in [0.1, 0.15) is 33.1 Å². The number of hydrogen-bond donors (Lipinski definition) is 2. The average molecular weight is 537 g/mol. The van der Waals surface area contributed by atoms with Gasteiger partial charge in [0.1, 0.15) is 5.75 Å². The molecule has 9 heteroatoms. The highest BCUT2D eigenvalue weighted by atomic mass is 127. The smallest absolute Gasteiger partial charge is 0.387 e. The number of alkyl halides is 2. The number of nitrogens with zero attached hydrogens (tertiary/aromatic N) is 3. The van der Waals surface area contributed by atoms with Crippen LogP contribution < -0.4 is 20.3 Å². The van der Waals surface area contributed by atoms with Gasteiger partial charge in [-0.05, 0) is 52.3 Å². The minimum absolute atomic E-state index is 0. The Balaban J connectivity index is 0.00000320. The van der Waals surface area contributed by atoms with E-state index in [4.69, 9.17) is 4.99 Å². The molecule has 0 amide bonds. The van der Waals surface area contributed by atoms with E-state index in [2.05, 4.69) is 46.1 Å². The van der Waals surface area contributed by atoms with Crippen LogP contribution in [0.4, 0.5) is 14.5 Å². The molecule has 1 aromatic carbocycles. The first-order valence-corrected chi connectivity index (χ1v) is 10.5. The van der Waals surface area contributed by atoms with Gasteiger partial charge in [-0.15, -0.1) is 24.0 Å². The zero-order chi connectivity index (χ0) is 20.8. The predicted octanol–water partition coefficient (Wildman–Crippen LogP) is 3.52. The Morgan fingerprint density at radius 3 is 2.70 bits per heavy atom. The molecule has 6 nitrogen and oxygen atoms in total. The molecule has 1 heterocycles. The third-order valence-corrected chi connectivity index (χ3v) is 5.63. The maximum absolute atomic E-state index is 12.7. The fraction of sp³-hybridized carbons (Fsp3) is 0.667. The molecule has 1 aliphatic heterocycles. The number of halogens is 3. The van der Waals surface area contributed by atoms with E-state index in [1.807, 2.05) is 12.1 Å². The summed E-state index contributed by atoms with van der Waals surface area (Å²) in [7, 11) is 2.17. The monoisotopic (exact) mass is 537 g/mol. The van der Waals surface area contributed by atoms with Crippen molar-refractivity contribution in [2.45, 2.75) is 57.8 Å². The first-order valence-electron chi connectivity index (χ1n) is 10.5. The number of hydrogen-bond acceptors (Lipinski definition) is 4. The SMILES string of the molecule is CCNC(=NCC(C)N(C)C1CC1)NC1CCN(c2ccccc2OC(F)F)C1.I. The molecule has 2 aliphatic rings. The van der Waals surface area contributed by atoms with Crippen molar-refractivity contribution < 1.29 is 13.5 Å². The Morgan fingerprint density at radius 2 is 2.03 bits per heavy atom. The van der Waals surface area contributed by atoms with Gasteiger partial charge in [0, 0.05) is 37.8 Å². The van der Waals surface area contributed by atoms with Gasteiger partial charge >= 0.3 is 6.61 Å². The second-order valence-electron chi connectivity index (χ2n) is 7.89. The zero-order valence-electron chi connectivity index (χ0n) is 18.0. The van der Waals surface area contributed by atoms with E-state index in [1.54, 1.807) is 12.1 Å². The normalized spacial score (nSPS) is 20.3. The lowest BCUT2D eigenvalue weighted by atomic mass is 10.2. The summed E-state index contributed by atoms with van der Waals surface area (Å²) >= 11 is 0. The van der Waals surface area contributed by atoms with Crippen molar-refractivity contribution in [3.05, 3.63) is 24.3 Å². The summed E-state index contributed by atoms with van der Waals surface area (Å²) in [6.45, 7) is 4.46. The van der Waals surface area contributed by atoms with E-state index in [9.17, 15) is 8.78 Å². The first kappa shape index (κ1) is 24.9. The molecule has 0 radical (unpaired) electrons. The Morgan fingerprint density at radius 1 is 1.30 bits per heavy atom. The second kappa shape index (κ2) is 11.9. The molecule has 0 aromatic heterocycles. The highest BCUT2D eigenvalue weighted by Crippen LogP contribution is 2.31. The average Bonchev–Trinajstić information content (AvgIpc) is 3.44. The minimum Gasteiger partial charge on any atom is -0.433 e. The Bertz CT molecular complexity index is 689. The van der Waals surface area contributed by atoms with Crippen LogP contribution in [0, 0.1) is 0 Å². The summed E-state index contributed by atoms with van der Waals surface area (Å²) in [4.78, 5) is 9.27. The Labute approximate surface area is 195 Å². The van der Waals surface area contributed by atoms with Crippen LogP contribution in [0.15, 0.2) is 29.3 Å². The van der Waals surface area contributed by atoms with Gasteiger partial charge in [-0.3, -0.25) is 9.89 Å². The van der Waals surface area contributed by atoms with E-state index in [1.165, 1.54) is 12.8 Å². The van der Waals surface area contributed by atoms with Crippen molar-refractivity contribution in [1.82, 2.24) is 15.5 Å². The van der Waals surface area contributed by atoms with Gasteiger partial charge in [0.15, 0.2) is 5.96 Å². The predicted molar refractivity (Wildman–Crippen MR) is 128 cm³/mol. The van der Waals surface area contributed by atoms with Crippen LogP contribution in [0.3, 0.4) is 0 Å². The van der Waals surface area contributed by atoms with Gasteiger partial charge in [0.05, 0.1) is 12.2 Å². The Hall–Kier alpha value is -1.36. The van der Waals surface area contributed by atoms with Crippen molar-refractivity contribution in [2.24, 2.45) is 4.99 Å². The summed E-state index contributed by atoms with van der Waals surface area (Å²) < 4.78 is 30.1. The van der Waals surface area contributed by atoms with Gasteiger partial charge in [0.2, 0.25) is 0 Å². The number of guanidine groups is 1. The van der Waals surface area contributed by atoms with Gasteiger partial charge in [-0.2, -0.15) is 8.78 Å². The zero-order valence-corrected chi connectivity index (χ0v) is 20.3. The lowest BCUT2D eigenvalue weighted by molar-refractivity contribution is -0.0495. The van der Waals surface area contributed by atoms with Crippen molar-refractivity contribution in [1.29, 1.82) is 0 Å². The molecular weight excluding hydrogens is 503 g/mol. The van der Waals surface area contributed by atoms with Crippen molar-refractivity contribution in [3.63, 3.8) is 0 Å². The van der Waals surface area contributed by atoms with E-state index in [0.717, 1.165) is 38.1 Å². The summed E-state index contributed by atoms with van der Waals surface area (Å²) in [5.74, 6) is 1.04. The highest BCUT2D eigenvalue weighted by molar-refractivity contribution is 14.0. The summed E-state index contributed by atoms with van der Waals surface area (Å²) in [6.07, 6.45) is 3.49. The number of nitrogens with one attached hydrogen (secondary N) is 2. The van der Waals surface area contributed by atoms with Crippen LogP contribution in [-0.2, 0) is 0 Å². The fourth-order valence-corrected chi connectivity index (χ4v) is 3.72. The number of aliphatic imine (C=N–C) groups is 1. The molecule has 3 rings (SSSR count). The molecule has 0 spiro atoms. The first-order chi connectivity index (χ1) is 14.0. The molecule has 1 aliphatic carbocycles. The summed E-state index contributed by atoms with van der Waals surface area (Å²) in [6, 6.07) is 8.29. The number of rotatable bonds is 9. The minimum atomic E-state index is -2.82. The number of anilines is 1. The maximum atomic E-state index is 12.7. The molecule has 170 valence electrons. The lowest BCUT2D eigenvalue weighted by Crippen LogP contribution is -2.45. The van der Waals surface area contributed by atoms with Crippen LogP contribution in [-0.4, -0.2) is 68.8 Å². The molecule has 2 unspecified atom stereocenters. The number of benzene rings is 1. The quantitative estimate of drug-likeness (QED) is 0.287. The van der Waals surface area contributed by atoms with E-state index >= 15 is 0 Å². The lowest BCUT2D eigenvalue weighted by Gasteiger charge is -2.24. The van der Waals surface area contributed by atoms with E-state index < -0.39 is 6.61 Å². The van der Waals surface area contributed by atoms with Gasteiger partial charge < -0.3 is 20.3 Å². The van der Waals surface area contributed by atoms with Crippen molar-refractivity contribution >= 4 is 35.6 Å². The fourth-order valence-electron chi connectivity index (χ4n) is 3.72. The molecule has 1 saturated heterocycles. The molecule has 2 atom stereocenters. The van der Waals surface area contributed by atoms with Crippen LogP contribution in [0.5, 0.6) is 5.75 Å². The van der Waals surface area contributed by atoms with Crippen LogP contribution in [0.2, 0.25) is 0 Å². The van der Waals surface area contributed by atoms with Gasteiger partial charge in [0.25, 0.3) is 0 Å². The van der Waals surface area contributed by atoms with Crippen molar-refractivity contribution in [2.75, 3.05) is 38.1 Å². The summed E-state index contributed by atoms with van der Waals surface area (Å²) in [5, 5.41) is 6.82. The third kappa shape index (κ3) is 7.11. The summed E-state index contributed by atoms with van der Waals surface area (Å²) in [5.41, 5.74) is 0.707. The number of para-hydroxylation sites is 2. The molecule has 1 saturated carbocycles. The van der Waals surface area contributed by atoms with Crippen LogP contribution in [0.25, 0.3) is 0 Å². The molecule has 2 N–H and O–H groups in total. The van der Waals surface area contributed by atoms with E-state index in [0.29, 0.717) is 18.3 Å². The topological polar surface area (TPSA) is 52.1 Å². The van der Waals surface area contributed by atoms with Crippen molar-refractivity contribution in [3.8, 4) is 5.75 Å². The van der Waals surface area contributed by atoms with Gasteiger partial charge in [-0.25, -0.2) is 0 Å². The Kier molecular flexibility index (Phi) is 9.86. The largest absolute Gasteiger partial charge is 0.433 e. The highest BCUT2D eigenvalue weighted by Gasteiger charge is 2.29. The van der Waals surface area contributed by atoms with Gasteiger partial charge in [-0.1, -0.05) is 12.1 Å². The molecular formula is C21H34F2IN5O.